The fourth-order valence-corrected chi connectivity index (χ4v) is 5.53. The van der Waals surface area contributed by atoms with Crippen LogP contribution >= 0.6 is 0 Å². The molecule has 4 aliphatic rings. The van der Waals surface area contributed by atoms with Crippen molar-refractivity contribution in [3.63, 3.8) is 0 Å². The van der Waals surface area contributed by atoms with Gasteiger partial charge in [-0.15, -0.1) is 0 Å². The highest BCUT2D eigenvalue weighted by atomic mass is 16.2. The molecule has 1 N–H and O–H groups in total. The minimum Gasteiger partial charge on any atom is -0.344 e. The third-order valence-electron chi connectivity index (χ3n) is 7.06. The summed E-state index contributed by atoms with van der Waals surface area (Å²) in [5.41, 5.74) is 2.00. The molecular weight excluding hydrogens is 360 g/mol. The molecule has 0 radical (unpaired) electrons. The first kappa shape index (κ1) is 18.8. The van der Waals surface area contributed by atoms with E-state index in [1.54, 1.807) is 0 Å². The molecule has 0 spiro atoms. The van der Waals surface area contributed by atoms with Crippen LogP contribution in [0.15, 0.2) is 29.3 Å². The first-order chi connectivity index (χ1) is 14.2. The molecule has 2 aliphatic heterocycles. The van der Waals surface area contributed by atoms with E-state index in [1.807, 2.05) is 4.90 Å². The maximum absolute atomic E-state index is 13.4. The van der Waals surface area contributed by atoms with E-state index in [0.717, 1.165) is 55.3 Å². The number of fused-ring (bicyclic) bond motifs is 3. The quantitative estimate of drug-likeness (QED) is 0.780. The van der Waals surface area contributed by atoms with E-state index in [1.165, 1.54) is 32.1 Å². The molecule has 1 amide bonds. The van der Waals surface area contributed by atoms with Crippen LogP contribution in [0.2, 0.25) is 0 Å². The highest BCUT2D eigenvalue weighted by Gasteiger charge is 2.44. The molecule has 0 aromatic carbocycles. The highest BCUT2D eigenvalue weighted by Crippen LogP contribution is 2.39. The lowest BCUT2D eigenvalue weighted by Crippen LogP contribution is -2.44. The molecule has 5 rings (SSSR count). The highest BCUT2D eigenvalue weighted by molar-refractivity contribution is 6.13. The summed E-state index contributed by atoms with van der Waals surface area (Å²) in [4.78, 5) is 29.0. The van der Waals surface area contributed by atoms with Crippen LogP contribution in [0.3, 0.4) is 0 Å². The standard InChI is InChI=1S/C24H32N4O/c1-2-9-19-20-21(27-22(26-20)17-12-7-8-13-17)23-25-18(15-28(23)24(19)29)14-16-10-5-3-4-6-11-16/h3-5,10,16-19H,2,6-9,11-15H2,1H3,(H,26,27)/t16?,18-,19?/m1/s1. The summed E-state index contributed by atoms with van der Waals surface area (Å²) in [5.74, 6) is 3.12. The molecule has 29 heavy (non-hydrogen) atoms. The van der Waals surface area contributed by atoms with Gasteiger partial charge >= 0.3 is 0 Å². The number of amides is 1. The third kappa shape index (κ3) is 3.49. The predicted molar refractivity (Wildman–Crippen MR) is 115 cm³/mol. The number of carbonyl (C=O) groups is 1. The van der Waals surface area contributed by atoms with E-state index in [-0.39, 0.29) is 17.9 Å². The lowest BCUT2D eigenvalue weighted by molar-refractivity contribution is -0.129. The summed E-state index contributed by atoms with van der Waals surface area (Å²) in [6, 6.07) is 0.182. The van der Waals surface area contributed by atoms with Crippen LogP contribution in [0.25, 0.3) is 0 Å². The smallest absolute Gasteiger partial charge is 0.237 e. The van der Waals surface area contributed by atoms with Crippen molar-refractivity contribution >= 4 is 11.7 Å². The number of rotatable bonds is 5. The summed E-state index contributed by atoms with van der Waals surface area (Å²) < 4.78 is 0. The van der Waals surface area contributed by atoms with Crippen molar-refractivity contribution in [1.82, 2.24) is 14.9 Å². The monoisotopic (exact) mass is 392 g/mol. The van der Waals surface area contributed by atoms with Crippen LogP contribution in [0.5, 0.6) is 0 Å². The van der Waals surface area contributed by atoms with Gasteiger partial charge in [-0.05, 0) is 44.4 Å². The van der Waals surface area contributed by atoms with Crippen molar-refractivity contribution in [2.24, 2.45) is 10.9 Å². The number of nitrogens with zero attached hydrogens (tertiary/aromatic N) is 3. The second-order valence-electron chi connectivity index (χ2n) is 9.15. The van der Waals surface area contributed by atoms with Gasteiger partial charge in [-0.3, -0.25) is 14.7 Å². The molecule has 5 heteroatoms. The van der Waals surface area contributed by atoms with Gasteiger partial charge in [0, 0.05) is 12.5 Å². The summed E-state index contributed by atoms with van der Waals surface area (Å²) in [7, 11) is 0. The van der Waals surface area contributed by atoms with Crippen molar-refractivity contribution in [3.8, 4) is 0 Å². The van der Waals surface area contributed by atoms with Gasteiger partial charge in [-0.2, -0.15) is 0 Å². The van der Waals surface area contributed by atoms with Crippen molar-refractivity contribution < 1.29 is 4.79 Å². The van der Waals surface area contributed by atoms with Gasteiger partial charge in [0.2, 0.25) is 5.91 Å². The number of aromatic nitrogens is 2. The number of H-pyrrole nitrogens is 1. The Hall–Kier alpha value is -2.17. The molecule has 2 aliphatic carbocycles. The molecule has 3 heterocycles. The van der Waals surface area contributed by atoms with E-state index in [4.69, 9.17) is 9.98 Å². The van der Waals surface area contributed by atoms with Crippen LogP contribution in [-0.2, 0) is 4.79 Å². The second-order valence-corrected chi connectivity index (χ2v) is 9.15. The molecule has 154 valence electrons. The van der Waals surface area contributed by atoms with Gasteiger partial charge in [-0.25, -0.2) is 4.98 Å². The lowest BCUT2D eigenvalue weighted by Gasteiger charge is -2.29. The average Bonchev–Trinajstić information content (AvgIpc) is 3.42. The zero-order valence-corrected chi connectivity index (χ0v) is 17.4. The van der Waals surface area contributed by atoms with E-state index < -0.39 is 0 Å². The van der Waals surface area contributed by atoms with Crippen LogP contribution in [0.1, 0.15) is 93.8 Å². The van der Waals surface area contributed by atoms with Gasteiger partial charge < -0.3 is 4.98 Å². The minimum absolute atomic E-state index is 0.0858. The number of nitrogens with one attached hydrogen (secondary N) is 1. The molecule has 1 fully saturated rings. The van der Waals surface area contributed by atoms with Gasteiger partial charge in [0.05, 0.1) is 17.7 Å². The Morgan fingerprint density at radius 1 is 1.21 bits per heavy atom. The Morgan fingerprint density at radius 2 is 2.07 bits per heavy atom. The SMILES string of the molecule is CCCC1C(=O)N2C[C@@H](CC3C=CC=CCC3)N=C2c2nc(C3CCCC3)[nH]c21. The van der Waals surface area contributed by atoms with Crippen LogP contribution in [0.4, 0.5) is 0 Å². The first-order valence-corrected chi connectivity index (χ1v) is 11.6. The molecule has 2 unspecified atom stereocenters. The number of hydrogen-bond acceptors (Lipinski definition) is 3. The molecular formula is C24H32N4O. The Morgan fingerprint density at radius 3 is 2.90 bits per heavy atom. The van der Waals surface area contributed by atoms with E-state index in [9.17, 15) is 4.79 Å². The van der Waals surface area contributed by atoms with Crippen LogP contribution in [0, 0.1) is 5.92 Å². The topological polar surface area (TPSA) is 61.4 Å². The summed E-state index contributed by atoms with van der Waals surface area (Å²) in [6.07, 6.45) is 19.0. The molecule has 3 atom stereocenters. The van der Waals surface area contributed by atoms with E-state index in [0.29, 0.717) is 11.8 Å². The minimum atomic E-state index is -0.0858. The summed E-state index contributed by atoms with van der Waals surface area (Å²) in [5, 5.41) is 0. The van der Waals surface area contributed by atoms with Crippen molar-refractivity contribution in [1.29, 1.82) is 0 Å². The molecule has 1 aromatic rings. The Balaban J connectivity index is 1.44. The predicted octanol–water partition coefficient (Wildman–Crippen LogP) is 4.83. The van der Waals surface area contributed by atoms with Gasteiger partial charge in [0.15, 0.2) is 5.84 Å². The fourth-order valence-electron chi connectivity index (χ4n) is 5.53. The van der Waals surface area contributed by atoms with Crippen LogP contribution < -0.4 is 0 Å². The Kier molecular flexibility index (Phi) is 5.15. The number of amidine groups is 1. The number of carbonyl (C=O) groups excluding carboxylic acids is 1. The Bertz CT molecular complexity index is 858. The average molecular weight is 393 g/mol. The van der Waals surface area contributed by atoms with Gasteiger partial charge in [-0.1, -0.05) is 50.5 Å². The van der Waals surface area contributed by atoms with Crippen molar-refractivity contribution in [2.75, 3.05) is 6.54 Å². The maximum atomic E-state index is 13.4. The van der Waals surface area contributed by atoms with Crippen molar-refractivity contribution in [2.45, 2.75) is 82.6 Å². The lowest BCUT2D eigenvalue weighted by atomic mass is 9.92. The van der Waals surface area contributed by atoms with Gasteiger partial charge in [0.1, 0.15) is 11.5 Å². The zero-order chi connectivity index (χ0) is 19.8. The van der Waals surface area contributed by atoms with Gasteiger partial charge in [0.25, 0.3) is 0 Å². The number of imidazole rings is 1. The van der Waals surface area contributed by atoms with E-state index >= 15 is 0 Å². The second kappa shape index (κ2) is 7.92. The summed E-state index contributed by atoms with van der Waals surface area (Å²) >= 11 is 0. The fraction of sp³-hybridized carbons (Fsp3) is 0.625. The molecule has 1 aromatic heterocycles. The normalized spacial score (nSPS) is 29.1. The maximum Gasteiger partial charge on any atom is 0.237 e. The third-order valence-corrected chi connectivity index (χ3v) is 7.06. The molecule has 0 saturated heterocycles. The van der Waals surface area contributed by atoms with Crippen molar-refractivity contribution in [3.05, 3.63) is 41.5 Å². The van der Waals surface area contributed by atoms with E-state index in [2.05, 4.69) is 36.2 Å². The number of hydrogen-bond donors (Lipinski definition) is 1. The summed E-state index contributed by atoms with van der Waals surface area (Å²) in [6.45, 7) is 2.88. The molecule has 1 saturated carbocycles. The largest absolute Gasteiger partial charge is 0.344 e. The zero-order valence-electron chi connectivity index (χ0n) is 17.4. The first-order valence-electron chi connectivity index (χ1n) is 11.6. The number of aromatic amines is 1. The molecule has 5 nitrogen and oxygen atoms in total. The number of allylic oxidation sites excluding steroid dienone is 4. The Labute approximate surface area is 173 Å². The number of aliphatic imine (C=N–C) groups is 1. The van der Waals surface area contributed by atoms with Crippen LogP contribution in [-0.4, -0.2) is 39.2 Å². The molecule has 0 bridgehead atoms.